The van der Waals surface area contributed by atoms with E-state index in [1.165, 1.54) is 0 Å². The number of rotatable bonds is 6. The summed E-state index contributed by atoms with van der Waals surface area (Å²) in [6, 6.07) is 9.19. The Morgan fingerprint density at radius 2 is 1.58 bits per heavy atom. The van der Waals surface area contributed by atoms with Crippen molar-refractivity contribution in [2.75, 3.05) is 44.0 Å². The van der Waals surface area contributed by atoms with Crippen LogP contribution in [0.25, 0.3) is 22.1 Å². The monoisotopic (exact) mass is 328 g/mol. The topological polar surface area (TPSA) is 105 Å². The van der Waals surface area contributed by atoms with Crippen molar-refractivity contribution >= 4 is 33.4 Å². The first-order valence-electron chi connectivity index (χ1n) is 7.68. The van der Waals surface area contributed by atoms with E-state index < -0.39 is 0 Å². The molecule has 0 aliphatic rings. The smallest absolute Gasteiger partial charge is 0.144 e. The third kappa shape index (κ3) is 3.04. The summed E-state index contributed by atoms with van der Waals surface area (Å²) in [4.78, 5) is 11.1. The summed E-state index contributed by atoms with van der Waals surface area (Å²) in [5, 5.41) is 18.4. The van der Waals surface area contributed by atoms with Crippen molar-refractivity contribution in [3.8, 4) is 5.75 Å². The molecule has 7 nitrogen and oxygen atoms in total. The summed E-state index contributed by atoms with van der Waals surface area (Å²) in [6.07, 6.45) is 0. The molecule has 0 unspecified atom stereocenters. The molecule has 0 aliphatic carbocycles. The van der Waals surface area contributed by atoms with Gasteiger partial charge in [-0.25, -0.2) is 9.97 Å². The molecule has 4 N–H and O–H groups in total. The molecule has 0 atom stereocenters. The molecule has 24 heavy (non-hydrogen) atoms. The van der Waals surface area contributed by atoms with Gasteiger partial charge in [0, 0.05) is 24.8 Å². The molecule has 1 aromatic heterocycles. The van der Waals surface area contributed by atoms with Gasteiger partial charge >= 0.3 is 0 Å². The largest absolute Gasteiger partial charge is 0.495 e. The van der Waals surface area contributed by atoms with Gasteiger partial charge in [0.2, 0.25) is 0 Å². The number of nitrogens with zero attached hydrogens (tertiary/aromatic N) is 3. The fourth-order valence-corrected chi connectivity index (χ4v) is 2.69. The van der Waals surface area contributed by atoms with Gasteiger partial charge in [0.25, 0.3) is 0 Å². The number of hydrogen-bond acceptors (Lipinski definition) is 7. The van der Waals surface area contributed by atoms with E-state index in [2.05, 4.69) is 9.97 Å². The molecule has 2 aromatic carbocycles. The van der Waals surface area contributed by atoms with Gasteiger partial charge < -0.3 is 25.6 Å². The van der Waals surface area contributed by atoms with Crippen molar-refractivity contribution in [1.29, 1.82) is 0 Å². The van der Waals surface area contributed by atoms with Gasteiger partial charge in [0.15, 0.2) is 0 Å². The minimum absolute atomic E-state index is 0.0117. The molecule has 0 saturated carbocycles. The molecule has 3 aromatic rings. The zero-order valence-corrected chi connectivity index (χ0v) is 13.4. The van der Waals surface area contributed by atoms with Gasteiger partial charge in [-0.1, -0.05) is 0 Å². The average molecular weight is 328 g/mol. The maximum absolute atomic E-state index is 9.18. The average Bonchev–Trinajstić information content (AvgIpc) is 2.59. The van der Waals surface area contributed by atoms with Gasteiger partial charge in [-0.2, -0.15) is 0 Å². The number of aromatic nitrogens is 2. The number of ether oxygens (including phenoxy) is 1. The molecule has 3 rings (SSSR count). The minimum Gasteiger partial charge on any atom is -0.495 e. The van der Waals surface area contributed by atoms with Crippen LogP contribution >= 0.6 is 0 Å². The van der Waals surface area contributed by atoms with Gasteiger partial charge in [-0.15, -0.1) is 0 Å². The summed E-state index contributed by atoms with van der Waals surface area (Å²) in [5.74, 6) is 0.574. The Morgan fingerprint density at radius 1 is 0.958 bits per heavy atom. The summed E-state index contributed by atoms with van der Waals surface area (Å²) in [5.41, 5.74) is 10.2. The van der Waals surface area contributed by atoms with Crippen LogP contribution in [0, 0.1) is 0 Å². The number of nitrogens with two attached hydrogens (primary N) is 1. The van der Waals surface area contributed by atoms with E-state index in [-0.39, 0.29) is 13.2 Å². The van der Waals surface area contributed by atoms with Crippen LogP contribution in [0.1, 0.15) is 0 Å². The highest BCUT2D eigenvalue weighted by Crippen LogP contribution is 2.28. The van der Waals surface area contributed by atoms with Crippen molar-refractivity contribution in [3.63, 3.8) is 0 Å². The number of nitrogen functional groups attached to an aromatic ring is 1. The van der Waals surface area contributed by atoms with Crippen molar-refractivity contribution < 1.29 is 14.9 Å². The van der Waals surface area contributed by atoms with Gasteiger partial charge in [0.05, 0.1) is 48.1 Å². The zero-order valence-electron chi connectivity index (χ0n) is 13.4. The van der Waals surface area contributed by atoms with Crippen LogP contribution in [0.5, 0.6) is 5.75 Å². The van der Waals surface area contributed by atoms with Crippen LogP contribution in [-0.4, -0.2) is 53.6 Å². The molecule has 0 bridgehead atoms. The summed E-state index contributed by atoms with van der Waals surface area (Å²) < 4.78 is 5.22. The quantitative estimate of drug-likeness (QED) is 0.461. The second-order valence-electron chi connectivity index (χ2n) is 5.41. The van der Waals surface area contributed by atoms with Crippen molar-refractivity contribution in [1.82, 2.24) is 9.97 Å². The SMILES string of the molecule is COc1cc2nc3ccc(N(CCO)CCO)cc3nc2cc1N. The Hall–Kier alpha value is -2.64. The molecule has 126 valence electrons. The number of methoxy groups -OCH3 is 1. The van der Waals surface area contributed by atoms with Crippen LogP contribution in [0.2, 0.25) is 0 Å². The van der Waals surface area contributed by atoms with Gasteiger partial charge in [0.1, 0.15) is 5.75 Å². The number of aliphatic hydroxyl groups is 2. The van der Waals surface area contributed by atoms with E-state index >= 15 is 0 Å². The molecule has 0 aliphatic heterocycles. The molecule has 7 heteroatoms. The number of benzene rings is 2. The molecular weight excluding hydrogens is 308 g/mol. The summed E-state index contributed by atoms with van der Waals surface area (Å²) >= 11 is 0. The third-order valence-electron chi connectivity index (χ3n) is 3.87. The lowest BCUT2D eigenvalue weighted by Crippen LogP contribution is -2.29. The van der Waals surface area contributed by atoms with E-state index in [1.807, 2.05) is 23.1 Å². The van der Waals surface area contributed by atoms with E-state index in [4.69, 9.17) is 10.5 Å². The highest BCUT2D eigenvalue weighted by Gasteiger charge is 2.10. The van der Waals surface area contributed by atoms with E-state index in [1.54, 1.807) is 19.2 Å². The molecule has 1 heterocycles. The highest BCUT2D eigenvalue weighted by molar-refractivity contribution is 5.90. The van der Waals surface area contributed by atoms with Crippen LogP contribution in [-0.2, 0) is 0 Å². The Bertz CT molecular complexity index is 863. The lowest BCUT2D eigenvalue weighted by Gasteiger charge is -2.23. The predicted octanol–water partition coefficient (Wildman–Crippen LogP) is 1.16. The van der Waals surface area contributed by atoms with E-state index in [0.717, 1.165) is 16.7 Å². The normalized spacial score (nSPS) is 11.1. The Labute approximate surface area is 139 Å². The van der Waals surface area contributed by atoms with Crippen LogP contribution in [0.15, 0.2) is 30.3 Å². The number of anilines is 2. The van der Waals surface area contributed by atoms with E-state index in [9.17, 15) is 10.2 Å². The number of aliphatic hydroxyl groups excluding tert-OH is 2. The Morgan fingerprint density at radius 3 is 2.25 bits per heavy atom. The Balaban J connectivity index is 2.10. The van der Waals surface area contributed by atoms with E-state index in [0.29, 0.717) is 35.6 Å². The maximum Gasteiger partial charge on any atom is 0.144 e. The second kappa shape index (κ2) is 6.86. The molecule has 0 saturated heterocycles. The molecule has 0 spiro atoms. The highest BCUT2D eigenvalue weighted by atomic mass is 16.5. The molecular formula is C17H20N4O3. The van der Waals surface area contributed by atoms with Gasteiger partial charge in [-0.05, 0) is 24.3 Å². The Kier molecular flexibility index (Phi) is 4.64. The number of hydrogen-bond donors (Lipinski definition) is 3. The summed E-state index contributed by atoms with van der Waals surface area (Å²) in [6.45, 7) is 0.907. The molecule has 0 amide bonds. The molecule has 0 radical (unpaired) electrons. The summed E-state index contributed by atoms with van der Waals surface area (Å²) in [7, 11) is 1.56. The van der Waals surface area contributed by atoms with Crippen LogP contribution in [0.3, 0.4) is 0 Å². The van der Waals surface area contributed by atoms with Crippen LogP contribution in [0.4, 0.5) is 11.4 Å². The van der Waals surface area contributed by atoms with Crippen molar-refractivity contribution in [2.24, 2.45) is 0 Å². The standard InChI is InChI=1S/C17H20N4O3/c1-24-17-10-16-15(9-12(17)18)20-14-8-11(2-3-13(14)19-16)21(4-6-22)5-7-23/h2-3,8-10,22-23H,4-7,18H2,1H3. The maximum atomic E-state index is 9.18. The number of fused-ring (bicyclic) bond motifs is 2. The first kappa shape index (κ1) is 16.2. The van der Waals surface area contributed by atoms with Crippen molar-refractivity contribution in [2.45, 2.75) is 0 Å². The van der Waals surface area contributed by atoms with Crippen LogP contribution < -0.4 is 15.4 Å². The van der Waals surface area contributed by atoms with Gasteiger partial charge in [-0.3, -0.25) is 0 Å². The second-order valence-corrected chi connectivity index (χ2v) is 5.41. The predicted molar refractivity (Wildman–Crippen MR) is 94.4 cm³/mol. The zero-order chi connectivity index (χ0) is 17.1. The lowest BCUT2D eigenvalue weighted by atomic mass is 10.2. The first-order chi connectivity index (χ1) is 11.7. The third-order valence-corrected chi connectivity index (χ3v) is 3.87. The lowest BCUT2D eigenvalue weighted by molar-refractivity contribution is 0.281. The van der Waals surface area contributed by atoms with Crippen molar-refractivity contribution in [3.05, 3.63) is 30.3 Å². The fraction of sp³-hybridized carbons (Fsp3) is 0.294. The molecule has 0 fully saturated rings. The first-order valence-corrected chi connectivity index (χ1v) is 7.68. The fourth-order valence-electron chi connectivity index (χ4n) is 2.69. The minimum atomic E-state index is 0.0117.